The topological polar surface area (TPSA) is 98.3 Å². The molecule has 6 heteroatoms. The fourth-order valence-corrected chi connectivity index (χ4v) is 1.23. The van der Waals surface area contributed by atoms with E-state index in [4.69, 9.17) is 5.73 Å². The van der Waals surface area contributed by atoms with Gasteiger partial charge >= 0.3 is 0 Å². The lowest BCUT2D eigenvalue weighted by Crippen LogP contribution is -2.12. The molecular weight excluding hydrogens is 222 g/mol. The Morgan fingerprint density at radius 1 is 1.59 bits per heavy atom. The Balaban J connectivity index is 3.08. The third-order valence-corrected chi connectivity index (χ3v) is 2.06. The Morgan fingerprint density at radius 2 is 2.24 bits per heavy atom. The Morgan fingerprint density at radius 3 is 2.71 bits per heavy atom. The van der Waals surface area contributed by atoms with Crippen LogP contribution in [0.5, 0.6) is 0 Å². The van der Waals surface area contributed by atoms with E-state index in [1.165, 1.54) is 12.1 Å². The number of rotatable bonds is 5. The number of amides is 1. The lowest BCUT2D eigenvalue weighted by Gasteiger charge is -2.07. The first-order chi connectivity index (χ1) is 7.91. The lowest BCUT2D eigenvalue weighted by atomic mass is 10.1. The second-order valence-electron chi connectivity index (χ2n) is 3.66. The molecule has 17 heavy (non-hydrogen) atoms. The van der Waals surface area contributed by atoms with Crippen molar-refractivity contribution in [1.29, 1.82) is 0 Å². The summed E-state index contributed by atoms with van der Waals surface area (Å²) in [6.45, 7) is 5.91. The molecule has 0 aliphatic heterocycles. The molecule has 1 rings (SSSR count). The predicted molar refractivity (Wildman–Crippen MR) is 64.9 cm³/mol. The number of anilines is 1. The maximum absolute atomic E-state index is 10.9. The van der Waals surface area contributed by atoms with E-state index in [0.29, 0.717) is 12.2 Å². The molecule has 0 aromatic heterocycles. The number of carbonyl (C=O) groups excluding carboxylic acids is 1. The molecule has 0 spiro atoms. The van der Waals surface area contributed by atoms with Gasteiger partial charge in [0.15, 0.2) is 0 Å². The summed E-state index contributed by atoms with van der Waals surface area (Å²) in [6.07, 6.45) is 0. The Labute approximate surface area is 98.3 Å². The molecule has 1 aromatic rings. The van der Waals surface area contributed by atoms with Crippen molar-refractivity contribution in [3.63, 3.8) is 0 Å². The SMILES string of the molecule is C=C(C)CNc1ccc(C(N)=O)cc1[N+](=O)[O-]. The number of hydrogen-bond donors (Lipinski definition) is 2. The zero-order chi connectivity index (χ0) is 13.0. The highest BCUT2D eigenvalue weighted by atomic mass is 16.6. The van der Waals surface area contributed by atoms with Crippen LogP contribution in [0.2, 0.25) is 0 Å². The van der Waals surface area contributed by atoms with E-state index in [-0.39, 0.29) is 11.3 Å². The van der Waals surface area contributed by atoms with E-state index in [1.807, 2.05) is 0 Å². The van der Waals surface area contributed by atoms with Crippen molar-refractivity contribution in [2.24, 2.45) is 5.73 Å². The largest absolute Gasteiger partial charge is 0.376 e. The van der Waals surface area contributed by atoms with Gasteiger partial charge in [0.2, 0.25) is 5.91 Å². The molecule has 6 nitrogen and oxygen atoms in total. The molecule has 0 atom stereocenters. The standard InChI is InChI=1S/C11H13N3O3/c1-7(2)6-13-9-4-3-8(11(12)15)5-10(9)14(16)17/h3-5,13H,1,6H2,2H3,(H2,12,15). The van der Waals surface area contributed by atoms with E-state index in [0.717, 1.165) is 11.6 Å². The summed E-state index contributed by atoms with van der Waals surface area (Å²) in [5.41, 5.74) is 6.17. The van der Waals surface area contributed by atoms with Crippen LogP contribution in [0.4, 0.5) is 11.4 Å². The highest BCUT2D eigenvalue weighted by Gasteiger charge is 2.15. The number of nitrogens with two attached hydrogens (primary N) is 1. The minimum absolute atomic E-state index is 0.109. The number of nitrogens with one attached hydrogen (secondary N) is 1. The number of benzene rings is 1. The van der Waals surface area contributed by atoms with Crippen molar-refractivity contribution in [2.45, 2.75) is 6.92 Å². The zero-order valence-electron chi connectivity index (χ0n) is 9.40. The van der Waals surface area contributed by atoms with Crippen molar-refractivity contribution in [1.82, 2.24) is 0 Å². The molecule has 0 aliphatic rings. The molecule has 0 radical (unpaired) electrons. The maximum atomic E-state index is 10.9. The smallest absolute Gasteiger partial charge is 0.293 e. The van der Waals surface area contributed by atoms with Crippen LogP contribution in [-0.4, -0.2) is 17.4 Å². The van der Waals surface area contributed by atoms with Crippen LogP contribution >= 0.6 is 0 Å². The summed E-state index contributed by atoms with van der Waals surface area (Å²) in [5, 5.41) is 13.7. The van der Waals surface area contributed by atoms with Gasteiger partial charge in [-0.2, -0.15) is 0 Å². The lowest BCUT2D eigenvalue weighted by molar-refractivity contribution is -0.384. The van der Waals surface area contributed by atoms with Gasteiger partial charge in [-0.3, -0.25) is 14.9 Å². The summed E-state index contributed by atoms with van der Waals surface area (Å²) in [5.74, 6) is -0.695. The van der Waals surface area contributed by atoms with E-state index < -0.39 is 10.8 Å². The molecule has 3 N–H and O–H groups in total. The molecule has 0 saturated heterocycles. The van der Waals surface area contributed by atoms with Crippen LogP contribution in [0.15, 0.2) is 30.4 Å². The Hall–Kier alpha value is -2.37. The van der Waals surface area contributed by atoms with Crippen molar-refractivity contribution in [3.8, 4) is 0 Å². The van der Waals surface area contributed by atoms with E-state index in [9.17, 15) is 14.9 Å². The third kappa shape index (κ3) is 3.30. The number of carbonyl (C=O) groups is 1. The molecule has 90 valence electrons. The van der Waals surface area contributed by atoms with E-state index in [1.54, 1.807) is 6.92 Å². The van der Waals surface area contributed by atoms with Crippen LogP contribution in [0.3, 0.4) is 0 Å². The average molecular weight is 235 g/mol. The number of nitro groups is 1. The second kappa shape index (κ2) is 5.11. The highest BCUT2D eigenvalue weighted by molar-refractivity contribution is 5.94. The molecule has 0 aliphatic carbocycles. The molecule has 0 fully saturated rings. The van der Waals surface area contributed by atoms with Gasteiger partial charge in [0.05, 0.1) is 4.92 Å². The van der Waals surface area contributed by atoms with Crippen LogP contribution in [0.1, 0.15) is 17.3 Å². The van der Waals surface area contributed by atoms with Gasteiger partial charge in [-0.05, 0) is 19.1 Å². The van der Waals surface area contributed by atoms with Crippen LogP contribution in [0, 0.1) is 10.1 Å². The zero-order valence-corrected chi connectivity index (χ0v) is 9.40. The molecular formula is C11H13N3O3. The third-order valence-electron chi connectivity index (χ3n) is 2.06. The summed E-state index contributed by atoms with van der Waals surface area (Å²) in [7, 11) is 0. The Kier molecular flexibility index (Phi) is 3.82. The molecule has 0 saturated carbocycles. The normalized spacial score (nSPS) is 9.71. The fourth-order valence-electron chi connectivity index (χ4n) is 1.23. The monoisotopic (exact) mass is 235 g/mol. The van der Waals surface area contributed by atoms with Gasteiger partial charge in [-0.1, -0.05) is 12.2 Å². The maximum Gasteiger partial charge on any atom is 0.293 e. The minimum atomic E-state index is -0.695. The summed E-state index contributed by atoms with van der Waals surface area (Å²) < 4.78 is 0. The van der Waals surface area contributed by atoms with Crippen LogP contribution in [0.25, 0.3) is 0 Å². The number of nitro benzene ring substituents is 1. The van der Waals surface area contributed by atoms with Crippen LogP contribution in [-0.2, 0) is 0 Å². The first-order valence-corrected chi connectivity index (χ1v) is 4.88. The van der Waals surface area contributed by atoms with Crippen molar-refractivity contribution >= 4 is 17.3 Å². The first-order valence-electron chi connectivity index (χ1n) is 4.88. The molecule has 1 aromatic carbocycles. The Bertz CT molecular complexity index is 483. The quantitative estimate of drug-likeness (QED) is 0.460. The van der Waals surface area contributed by atoms with Crippen molar-refractivity contribution < 1.29 is 9.72 Å². The van der Waals surface area contributed by atoms with Gasteiger partial charge in [0, 0.05) is 18.2 Å². The number of primary amides is 1. The van der Waals surface area contributed by atoms with Crippen molar-refractivity contribution in [3.05, 3.63) is 46.0 Å². The molecule has 1 amide bonds. The summed E-state index contributed by atoms with van der Waals surface area (Å²) in [6, 6.07) is 4.06. The van der Waals surface area contributed by atoms with Gasteiger partial charge in [-0.15, -0.1) is 0 Å². The second-order valence-corrected chi connectivity index (χ2v) is 3.66. The van der Waals surface area contributed by atoms with Gasteiger partial charge in [0.1, 0.15) is 5.69 Å². The molecule has 0 bridgehead atoms. The minimum Gasteiger partial charge on any atom is -0.376 e. The molecule has 0 heterocycles. The first kappa shape index (κ1) is 12.7. The predicted octanol–water partition coefficient (Wildman–Crippen LogP) is 1.68. The average Bonchev–Trinajstić information content (AvgIpc) is 2.25. The van der Waals surface area contributed by atoms with Gasteiger partial charge < -0.3 is 11.1 Å². The van der Waals surface area contributed by atoms with Crippen molar-refractivity contribution in [2.75, 3.05) is 11.9 Å². The summed E-state index contributed by atoms with van der Waals surface area (Å²) in [4.78, 5) is 21.2. The fraction of sp³-hybridized carbons (Fsp3) is 0.182. The van der Waals surface area contributed by atoms with Gasteiger partial charge in [-0.25, -0.2) is 0 Å². The van der Waals surface area contributed by atoms with E-state index in [2.05, 4.69) is 11.9 Å². The summed E-state index contributed by atoms with van der Waals surface area (Å²) >= 11 is 0. The van der Waals surface area contributed by atoms with E-state index >= 15 is 0 Å². The highest BCUT2D eigenvalue weighted by Crippen LogP contribution is 2.25. The van der Waals surface area contributed by atoms with Gasteiger partial charge in [0.25, 0.3) is 5.69 Å². The molecule has 0 unspecified atom stereocenters. The van der Waals surface area contributed by atoms with Crippen LogP contribution < -0.4 is 11.1 Å². The number of hydrogen-bond acceptors (Lipinski definition) is 4. The number of nitrogens with zero attached hydrogens (tertiary/aromatic N) is 1.